The summed E-state index contributed by atoms with van der Waals surface area (Å²) in [7, 11) is 0. The third kappa shape index (κ3) is 6.45. The second-order valence-corrected chi connectivity index (χ2v) is 9.15. The number of nitrogens with one attached hydrogen (secondary N) is 1. The van der Waals surface area contributed by atoms with Gasteiger partial charge >= 0.3 is 0 Å². The summed E-state index contributed by atoms with van der Waals surface area (Å²) in [5.74, 6) is -0.103. The van der Waals surface area contributed by atoms with Gasteiger partial charge in [0.2, 0.25) is 11.8 Å². The van der Waals surface area contributed by atoms with Crippen LogP contribution in [0.1, 0.15) is 68.8 Å². The molecule has 1 unspecified atom stereocenters. The van der Waals surface area contributed by atoms with E-state index in [0.29, 0.717) is 50.4 Å². The maximum Gasteiger partial charge on any atom is 0.256 e. The standard InChI is InChI=1S/C29H40N4O3/c1-5-24(22-13-10-9-11-14-22)28(35)33-18-12-17-32(19-20-33)26-16-15-23(30-27(34)6-2)21-25(26)29(36)31(7-3)8-4/h9-11,13-16,21,24H,5-8,12,17-20H2,1-4H3,(H,30,34). The zero-order valence-electron chi connectivity index (χ0n) is 22.1. The molecule has 1 aliphatic heterocycles. The number of carbonyl (C=O) groups excluding carboxylic acids is 3. The highest BCUT2D eigenvalue weighted by atomic mass is 16.2. The normalized spacial score (nSPS) is 14.7. The Kier molecular flexibility index (Phi) is 9.91. The molecule has 1 heterocycles. The lowest BCUT2D eigenvalue weighted by molar-refractivity contribution is -0.132. The fraction of sp³-hybridized carbons (Fsp3) is 0.483. The summed E-state index contributed by atoms with van der Waals surface area (Å²) in [6, 6.07) is 15.6. The lowest BCUT2D eigenvalue weighted by Crippen LogP contribution is -2.38. The molecule has 0 radical (unpaired) electrons. The molecule has 2 aromatic carbocycles. The Labute approximate surface area is 215 Å². The van der Waals surface area contributed by atoms with E-state index in [9.17, 15) is 14.4 Å². The predicted octanol–water partition coefficient (Wildman–Crippen LogP) is 4.75. The van der Waals surface area contributed by atoms with Gasteiger partial charge in [-0.1, -0.05) is 44.2 Å². The summed E-state index contributed by atoms with van der Waals surface area (Å²) in [5, 5.41) is 2.88. The number of rotatable bonds is 9. The van der Waals surface area contributed by atoms with Crippen molar-refractivity contribution in [1.29, 1.82) is 0 Å². The van der Waals surface area contributed by atoms with Gasteiger partial charge in [-0.2, -0.15) is 0 Å². The first kappa shape index (κ1) is 27.2. The summed E-state index contributed by atoms with van der Waals surface area (Å²) in [4.78, 5) is 44.8. The third-order valence-electron chi connectivity index (χ3n) is 6.94. The van der Waals surface area contributed by atoms with Crippen LogP contribution in [0.3, 0.4) is 0 Å². The Balaban J connectivity index is 1.83. The van der Waals surface area contributed by atoms with E-state index in [4.69, 9.17) is 0 Å². The number of hydrogen-bond donors (Lipinski definition) is 1. The van der Waals surface area contributed by atoms with Gasteiger partial charge in [-0.3, -0.25) is 14.4 Å². The summed E-state index contributed by atoms with van der Waals surface area (Å²) in [5.41, 5.74) is 3.12. The summed E-state index contributed by atoms with van der Waals surface area (Å²) in [6.07, 6.45) is 1.96. The SMILES string of the molecule is CCC(=O)Nc1ccc(N2CCCN(C(=O)C(CC)c3ccccc3)CC2)c(C(=O)N(CC)CC)c1. The monoisotopic (exact) mass is 492 g/mol. The molecular formula is C29H40N4O3. The van der Waals surface area contributed by atoms with Gasteiger partial charge in [0, 0.05) is 57.1 Å². The maximum absolute atomic E-state index is 13.5. The van der Waals surface area contributed by atoms with E-state index in [1.54, 1.807) is 17.9 Å². The van der Waals surface area contributed by atoms with E-state index >= 15 is 0 Å². The highest BCUT2D eigenvalue weighted by molar-refractivity contribution is 6.02. The molecule has 3 amide bonds. The van der Waals surface area contributed by atoms with E-state index < -0.39 is 0 Å². The first-order valence-corrected chi connectivity index (χ1v) is 13.2. The Morgan fingerprint density at radius 3 is 2.28 bits per heavy atom. The van der Waals surface area contributed by atoms with E-state index in [0.717, 1.165) is 30.6 Å². The molecule has 2 aromatic rings. The number of anilines is 2. The smallest absolute Gasteiger partial charge is 0.256 e. The summed E-state index contributed by atoms with van der Waals surface area (Å²) >= 11 is 0. The Morgan fingerprint density at radius 2 is 1.64 bits per heavy atom. The van der Waals surface area contributed by atoms with Crippen LogP contribution in [0.4, 0.5) is 11.4 Å². The zero-order chi connectivity index (χ0) is 26.1. The van der Waals surface area contributed by atoms with Gasteiger partial charge in [-0.05, 0) is 50.5 Å². The third-order valence-corrected chi connectivity index (χ3v) is 6.94. The summed E-state index contributed by atoms with van der Waals surface area (Å²) in [6.45, 7) is 11.7. The first-order valence-electron chi connectivity index (χ1n) is 13.2. The van der Waals surface area contributed by atoms with E-state index in [1.807, 2.05) is 61.2 Å². The number of amides is 3. The van der Waals surface area contributed by atoms with Crippen molar-refractivity contribution in [2.75, 3.05) is 49.5 Å². The Hall–Kier alpha value is -3.35. The van der Waals surface area contributed by atoms with Crippen molar-refractivity contribution in [1.82, 2.24) is 9.80 Å². The van der Waals surface area contributed by atoms with Gasteiger partial charge in [0.1, 0.15) is 0 Å². The molecule has 7 nitrogen and oxygen atoms in total. The van der Waals surface area contributed by atoms with Crippen LogP contribution in [0.15, 0.2) is 48.5 Å². The lowest BCUT2D eigenvalue weighted by atomic mass is 9.95. The van der Waals surface area contributed by atoms with Crippen LogP contribution in [0.5, 0.6) is 0 Å². The van der Waals surface area contributed by atoms with Crippen LogP contribution in [-0.4, -0.2) is 66.8 Å². The maximum atomic E-state index is 13.5. The lowest BCUT2D eigenvalue weighted by Gasteiger charge is -2.29. The molecule has 0 spiro atoms. The van der Waals surface area contributed by atoms with Crippen molar-refractivity contribution >= 4 is 29.1 Å². The van der Waals surface area contributed by atoms with Crippen molar-refractivity contribution in [3.8, 4) is 0 Å². The van der Waals surface area contributed by atoms with Crippen molar-refractivity contribution in [3.63, 3.8) is 0 Å². The molecule has 0 bridgehead atoms. The molecule has 36 heavy (non-hydrogen) atoms. The molecule has 194 valence electrons. The number of hydrogen-bond acceptors (Lipinski definition) is 4. The van der Waals surface area contributed by atoms with Gasteiger partial charge in [-0.15, -0.1) is 0 Å². The van der Waals surface area contributed by atoms with Gasteiger partial charge in [0.05, 0.1) is 11.5 Å². The fourth-order valence-corrected chi connectivity index (χ4v) is 4.83. The summed E-state index contributed by atoms with van der Waals surface area (Å²) < 4.78 is 0. The highest BCUT2D eigenvalue weighted by Crippen LogP contribution is 2.28. The van der Waals surface area contributed by atoms with Crippen LogP contribution in [0.25, 0.3) is 0 Å². The minimum Gasteiger partial charge on any atom is -0.369 e. The van der Waals surface area contributed by atoms with E-state index in [1.165, 1.54) is 0 Å². The fourth-order valence-electron chi connectivity index (χ4n) is 4.83. The van der Waals surface area contributed by atoms with Crippen molar-refractivity contribution in [2.45, 2.75) is 52.9 Å². The molecular weight excluding hydrogens is 452 g/mol. The van der Waals surface area contributed by atoms with Crippen molar-refractivity contribution in [2.24, 2.45) is 0 Å². The predicted molar refractivity (Wildman–Crippen MR) is 145 cm³/mol. The average molecular weight is 493 g/mol. The molecule has 1 atom stereocenters. The topological polar surface area (TPSA) is 73.0 Å². The molecule has 0 aliphatic carbocycles. The number of nitrogens with zero attached hydrogens (tertiary/aromatic N) is 3. The van der Waals surface area contributed by atoms with Crippen LogP contribution < -0.4 is 10.2 Å². The zero-order valence-corrected chi connectivity index (χ0v) is 22.1. The van der Waals surface area contributed by atoms with Crippen molar-refractivity contribution < 1.29 is 14.4 Å². The number of carbonyl (C=O) groups is 3. The average Bonchev–Trinajstić information content (AvgIpc) is 3.16. The molecule has 0 aromatic heterocycles. The largest absolute Gasteiger partial charge is 0.369 e. The quantitative estimate of drug-likeness (QED) is 0.548. The van der Waals surface area contributed by atoms with E-state index in [2.05, 4.69) is 17.1 Å². The van der Waals surface area contributed by atoms with Gasteiger partial charge in [0.15, 0.2) is 0 Å². The Morgan fingerprint density at radius 1 is 0.917 bits per heavy atom. The number of benzene rings is 2. The van der Waals surface area contributed by atoms with Gasteiger partial charge < -0.3 is 20.0 Å². The first-order chi connectivity index (χ1) is 17.4. The molecule has 0 saturated carbocycles. The van der Waals surface area contributed by atoms with Crippen LogP contribution in [0, 0.1) is 0 Å². The second kappa shape index (κ2) is 13.1. The van der Waals surface area contributed by atoms with Crippen molar-refractivity contribution in [3.05, 3.63) is 59.7 Å². The highest BCUT2D eigenvalue weighted by Gasteiger charge is 2.28. The Bertz CT molecular complexity index is 1040. The van der Waals surface area contributed by atoms with Gasteiger partial charge in [-0.25, -0.2) is 0 Å². The molecule has 7 heteroatoms. The van der Waals surface area contributed by atoms with E-state index in [-0.39, 0.29) is 23.6 Å². The van der Waals surface area contributed by atoms with Crippen LogP contribution in [0.2, 0.25) is 0 Å². The molecule has 1 saturated heterocycles. The minimum absolute atomic E-state index is 0.0464. The minimum atomic E-state index is -0.140. The van der Waals surface area contributed by atoms with Crippen LogP contribution in [-0.2, 0) is 9.59 Å². The van der Waals surface area contributed by atoms with Crippen LogP contribution >= 0.6 is 0 Å². The molecule has 3 rings (SSSR count). The molecule has 1 N–H and O–H groups in total. The molecule has 1 aliphatic rings. The second-order valence-electron chi connectivity index (χ2n) is 9.15. The van der Waals surface area contributed by atoms with Gasteiger partial charge in [0.25, 0.3) is 5.91 Å². The molecule has 1 fully saturated rings.